The van der Waals surface area contributed by atoms with Crippen molar-refractivity contribution < 1.29 is 26.3 Å². The Kier molecular flexibility index (Phi) is 7.23. The van der Waals surface area contributed by atoms with Gasteiger partial charge in [0, 0.05) is 21.5 Å². The van der Waals surface area contributed by atoms with Crippen LogP contribution in [-0.2, 0) is 12.4 Å². The lowest BCUT2D eigenvalue weighted by atomic mass is 9.96. The quantitative estimate of drug-likeness (QED) is 0.0768. The molecule has 0 saturated heterocycles. The first-order valence-electron chi connectivity index (χ1n) is 16.0. The van der Waals surface area contributed by atoms with Crippen LogP contribution in [0.4, 0.5) is 26.3 Å². The standard InChI is InChI=1S/C42H22F6N4/c1-21-12-22(2)14-25(13-21)23-4-7-32-36(18-23)40(52-50-3)34-11-9-29-30(38(32)34)8-10-33-37(29)31-6-5-24(17-35(31)39(33)51-20-49)26-15-27(41(43,44)45)19-28(16-26)42(46,47)48/h4-19H,1-2H3/b51-39-,52-40-. The normalized spacial score (nSPS) is 13.2. The van der Waals surface area contributed by atoms with Crippen LogP contribution in [-0.4, -0.2) is 0 Å². The molecule has 0 unspecified atom stereocenters. The van der Waals surface area contributed by atoms with Crippen molar-refractivity contribution in [3.63, 3.8) is 0 Å². The highest BCUT2D eigenvalue weighted by Gasteiger charge is 2.37. The van der Waals surface area contributed by atoms with Crippen LogP contribution in [0, 0.1) is 31.9 Å². The molecule has 0 aliphatic rings. The molecule has 0 spiro atoms. The molecule has 0 heterocycles. The largest absolute Gasteiger partial charge is 0.416 e. The SMILES string of the molecule is [C-]#[N+]/N=c1\c2cc(-c3cc(C)cc(C)c3)ccc2c2c1ccc1c2ccc2/c(=N/C#N)c3cc(-c4cc(C(F)(F)F)cc(C(F)(F)F)c4)ccc3c21. The van der Waals surface area contributed by atoms with E-state index in [0.717, 1.165) is 60.0 Å². The topological polar surface area (TPSA) is 52.9 Å². The van der Waals surface area contributed by atoms with E-state index in [1.807, 2.05) is 56.3 Å². The third kappa shape index (κ3) is 5.15. The van der Waals surface area contributed by atoms with Crippen LogP contribution < -0.4 is 10.7 Å². The summed E-state index contributed by atoms with van der Waals surface area (Å²) in [6.07, 6.45) is -8.21. The van der Waals surface area contributed by atoms with Crippen LogP contribution in [0.5, 0.6) is 0 Å². The zero-order valence-electron chi connectivity index (χ0n) is 27.3. The van der Waals surface area contributed by atoms with Gasteiger partial charge in [0.05, 0.1) is 21.6 Å². The van der Waals surface area contributed by atoms with Gasteiger partial charge in [0.15, 0.2) is 5.36 Å². The number of aryl methyl sites for hydroxylation is 2. The number of benzene rings is 6. The highest BCUT2D eigenvalue weighted by Crippen LogP contribution is 2.42. The van der Waals surface area contributed by atoms with Gasteiger partial charge in [-0.3, -0.25) is 0 Å². The molecular weight excluding hydrogens is 674 g/mol. The molecule has 8 rings (SSSR count). The summed E-state index contributed by atoms with van der Waals surface area (Å²) < 4.78 is 82.2. The van der Waals surface area contributed by atoms with E-state index in [1.54, 1.807) is 12.3 Å². The van der Waals surface area contributed by atoms with Gasteiger partial charge in [-0.05, 0) is 98.8 Å². The molecule has 0 amide bonds. The van der Waals surface area contributed by atoms with E-state index in [-0.39, 0.29) is 22.6 Å². The number of halogens is 6. The molecule has 0 saturated carbocycles. The maximum atomic E-state index is 13.7. The minimum Gasteiger partial charge on any atom is -0.181 e. The summed E-state index contributed by atoms with van der Waals surface area (Å²) in [5, 5.41) is 22.0. The van der Waals surface area contributed by atoms with Crippen molar-refractivity contribution in [1.82, 2.24) is 0 Å². The molecule has 0 aromatic heterocycles. The van der Waals surface area contributed by atoms with E-state index in [4.69, 9.17) is 6.57 Å². The molecule has 0 fully saturated rings. The molecule has 10 heteroatoms. The highest BCUT2D eigenvalue weighted by molar-refractivity contribution is 6.31. The Hall–Kier alpha value is -6.52. The minimum atomic E-state index is -5.01. The molecule has 8 aromatic rings. The van der Waals surface area contributed by atoms with Gasteiger partial charge in [0.2, 0.25) is 6.19 Å². The fourth-order valence-electron chi connectivity index (χ4n) is 7.54. The van der Waals surface area contributed by atoms with Gasteiger partial charge >= 0.3 is 12.4 Å². The van der Waals surface area contributed by atoms with E-state index in [0.29, 0.717) is 33.6 Å². The van der Waals surface area contributed by atoms with E-state index < -0.39 is 23.5 Å². The van der Waals surface area contributed by atoms with Crippen molar-refractivity contribution >= 4 is 53.9 Å². The minimum absolute atomic E-state index is 0.0939. The Balaban J connectivity index is 1.41. The molecule has 8 aromatic carbocycles. The smallest absolute Gasteiger partial charge is 0.181 e. The lowest BCUT2D eigenvalue weighted by Crippen LogP contribution is -2.11. The van der Waals surface area contributed by atoms with E-state index in [1.165, 1.54) is 12.1 Å². The Labute approximate surface area is 291 Å². The van der Waals surface area contributed by atoms with E-state index in [2.05, 4.69) is 33.2 Å². The van der Waals surface area contributed by atoms with Gasteiger partial charge in [-0.15, -0.1) is 4.95 Å². The van der Waals surface area contributed by atoms with Crippen LogP contribution in [0.3, 0.4) is 0 Å². The second-order valence-electron chi connectivity index (χ2n) is 12.9. The predicted octanol–water partition coefficient (Wildman–Crippen LogP) is 11.4. The number of fused-ring (bicyclic) bond motifs is 9. The van der Waals surface area contributed by atoms with Crippen molar-refractivity contribution in [3.05, 3.63) is 142 Å². The number of hydrogen-bond donors (Lipinski definition) is 0. The fourth-order valence-corrected chi connectivity index (χ4v) is 7.54. The van der Waals surface area contributed by atoms with Crippen LogP contribution in [0.2, 0.25) is 0 Å². The number of nitriles is 1. The molecule has 0 atom stereocenters. The van der Waals surface area contributed by atoms with Crippen molar-refractivity contribution in [3.8, 4) is 28.4 Å². The second kappa shape index (κ2) is 11.5. The molecule has 52 heavy (non-hydrogen) atoms. The number of rotatable bonds is 2. The Morgan fingerprint density at radius 1 is 0.519 bits per heavy atom. The Morgan fingerprint density at radius 3 is 1.42 bits per heavy atom. The summed E-state index contributed by atoms with van der Waals surface area (Å²) in [6.45, 7) is 11.7. The highest BCUT2D eigenvalue weighted by atomic mass is 19.4. The number of alkyl halides is 6. The third-order valence-corrected chi connectivity index (χ3v) is 9.59. The van der Waals surface area contributed by atoms with Crippen molar-refractivity contribution in [1.29, 1.82) is 5.26 Å². The maximum Gasteiger partial charge on any atom is 0.416 e. The zero-order valence-corrected chi connectivity index (χ0v) is 27.3. The summed E-state index contributed by atoms with van der Waals surface area (Å²) in [7, 11) is 0. The van der Waals surface area contributed by atoms with E-state index >= 15 is 0 Å². The summed E-state index contributed by atoms with van der Waals surface area (Å²) >= 11 is 0. The molecule has 0 aliphatic heterocycles. The first-order valence-corrected chi connectivity index (χ1v) is 16.0. The summed E-state index contributed by atoms with van der Waals surface area (Å²) in [5.41, 5.74) is 1.26. The lowest BCUT2D eigenvalue weighted by molar-refractivity contribution is -0.143. The van der Waals surface area contributed by atoms with Crippen molar-refractivity contribution in [2.75, 3.05) is 0 Å². The Morgan fingerprint density at radius 2 is 0.942 bits per heavy atom. The number of nitrogens with zero attached hydrogens (tertiary/aromatic N) is 4. The summed E-state index contributed by atoms with van der Waals surface area (Å²) in [5.74, 6) is 0. The van der Waals surface area contributed by atoms with Crippen LogP contribution in [0.25, 0.3) is 81.1 Å². The van der Waals surface area contributed by atoms with Crippen molar-refractivity contribution in [2.45, 2.75) is 26.2 Å². The molecule has 0 bridgehead atoms. The van der Waals surface area contributed by atoms with Gasteiger partial charge in [0.25, 0.3) is 0 Å². The molecule has 4 nitrogen and oxygen atoms in total. The summed E-state index contributed by atoms with van der Waals surface area (Å²) in [6, 6.07) is 26.0. The molecule has 0 aliphatic carbocycles. The fraction of sp³-hybridized carbons (Fsp3) is 0.0952. The third-order valence-electron chi connectivity index (χ3n) is 9.59. The van der Waals surface area contributed by atoms with Crippen LogP contribution in [0.1, 0.15) is 22.3 Å². The van der Waals surface area contributed by atoms with Gasteiger partial charge in [-0.25, -0.2) is 0 Å². The van der Waals surface area contributed by atoms with Gasteiger partial charge < -0.3 is 0 Å². The lowest BCUT2D eigenvalue weighted by Gasteiger charge is -2.14. The van der Waals surface area contributed by atoms with E-state index in [9.17, 15) is 31.6 Å². The molecule has 252 valence electrons. The van der Waals surface area contributed by atoms with Gasteiger partial charge in [-0.1, -0.05) is 77.9 Å². The molecule has 0 N–H and O–H groups in total. The first kappa shape index (κ1) is 32.7. The summed E-state index contributed by atoms with van der Waals surface area (Å²) in [4.78, 5) is 7.45. The van der Waals surface area contributed by atoms with Gasteiger partial charge in [0.1, 0.15) is 0 Å². The first-order chi connectivity index (χ1) is 24.8. The maximum absolute atomic E-state index is 13.7. The average Bonchev–Trinajstić information content (AvgIpc) is 3.59. The van der Waals surface area contributed by atoms with Crippen LogP contribution >= 0.6 is 0 Å². The second-order valence-corrected chi connectivity index (χ2v) is 12.9. The number of hydrogen-bond acceptors (Lipinski definition) is 3. The molecular formula is C42H22F6N4. The van der Waals surface area contributed by atoms with Gasteiger partial charge in [-0.2, -0.15) is 43.2 Å². The Bertz CT molecular complexity index is 2990. The monoisotopic (exact) mass is 696 g/mol. The van der Waals surface area contributed by atoms with Crippen molar-refractivity contribution in [2.24, 2.45) is 10.1 Å². The van der Waals surface area contributed by atoms with Crippen LogP contribution in [0.15, 0.2) is 107 Å². The molecule has 0 radical (unpaired) electrons. The predicted molar refractivity (Wildman–Crippen MR) is 190 cm³/mol. The average molecular weight is 697 g/mol. The zero-order chi connectivity index (χ0) is 36.7.